The van der Waals surface area contributed by atoms with Gasteiger partial charge in [-0.15, -0.1) is 0 Å². The average Bonchev–Trinajstić information content (AvgIpc) is 2.98. The third-order valence-corrected chi connectivity index (χ3v) is 7.73. The van der Waals surface area contributed by atoms with Crippen LogP contribution in [0.4, 0.5) is 0 Å². The van der Waals surface area contributed by atoms with E-state index in [-0.39, 0.29) is 5.92 Å². The van der Waals surface area contributed by atoms with Gasteiger partial charge < -0.3 is 0 Å². The zero-order valence-corrected chi connectivity index (χ0v) is 20.7. The highest BCUT2D eigenvalue weighted by molar-refractivity contribution is 6.13. The molecule has 2 heteroatoms. The van der Waals surface area contributed by atoms with Crippen LogP contribution in [0.2, 0.25) is 0 Å². The second-order valence-electron chi connectivity index (χ2n) is 9.85. The molecule has 6 aromatic rings. The van der Waals surface area contributed by atoms with Gasteiger partial charge in [-0.3, -0.25) is 0 Å². The summed E-state index contributed by atoms with van der Waals surface area (Å²) in [5.41, 5.74) is 7.20. The molecule has 1 aliphatic carbocycles. The van der Waals surface area contributed by atoms with Crippen LogP contribution in [0.1, 0.15) is 35.4 Å². The van der Waals surface area contributed by atoms with E-state index in [0.29, 0.717) is 5.92 Å². The lowest BCUT2D eigenvalue weighted by molar-refractivity contribution is 0.676. The normalized spacial score (nSPS) is 16.7. The standard InChI is InChI=1S/C35H26N2/c1-23-27(18-19-32-30-16-6-5-14-28(30)29-15-7-8-17-31(29)34(23)32)25-12-9-13-26(22-25)33-20-21-36-35(37-33)24-10-3-2-4-11-24/h2-23,27H,1H3. The van der Waals surface area contributed by atoms with Gasteiger partial charge in [0.15, 0.2) is 5.82 Å². The topological polar surface area (TPSA) is 25.8 Å². The van der Waals surface area contributed by atoms with Gasteiger partial charge in [0.1, 0.15) is 0 Å². The Morgan fingerprint density at radius 1 is 0.622 bits per heavy atom. The van der Waals surface area contributed by atoms with Crippen molar-refractivity contribution in [2.45, 2.75) is 18.8 Å². The summed E-state index contributed by atoms with van der Waals surface area (Å²) in [6, 6.07) is 38.7. The fraction of sp³-hybridized carbons (Fsp3) is 0.0857. The first kappa shape index (κ1) is 21.7. The minimum atomic E-state index is 0.285. The molecule has 176 valence electrons. The molecular weight excluding hydrogens is 448 g/mol. The first-order chi connectivity index (χ1) is 18.3. The molecule has 0 saturated heterocycles. The lowest BCUT2D eigenvalue weighted by atomic mass is 9.73. The molecule has 0 N–H and O–H groups in total. The van der Waals surface area contributed by atoms with Crippen molar-refractivity contribution in [2.24, 2.45) is 0 Å². The van der Waals surface area contributed by atoms with Gasteiger partial charge in [0.25, 0.3) is 0 Å². The zero-order valence-electron chi connectivity index (χ0n) is 20.7. The van der Waals surface area contributed by atoms with Gasteiger partial charge in [-0.2, -0.15) is 0 Å². The molecule has 5 aromatic carbocycles. The summed E-state index contributed by atoms with van der Waals surface area (Å²) in [6.07, 6.45) is 6.59. The Hall–Kier alpha value is -4.56. The fourth-order valence-electron chi connectivity index (χ4n) is 5.96. The number of rotatable bonds is 3. The number of aromatic nitrogens is 2. The van der Waals surface area contributed by atoms with E-state index in [2.05, 4.69) is 109 Å². The van der Waals surface area contributed by atoms with Gasteiger partial charge in [-0.1, -0.05) is 116 Å². The van der Waals surface area contributed by atoms with Crippen molar-refractivity contribution < 1.29 is 0 Å². The van der Waals surface area contributed by atoms with E-state index in [1.807, 2.05) is 30.5 Å². The smallest absolute Gasteiger partial charge is 0.159 e. The summed E-state index contributed by atoms with van der Waals surface area (Å²) in [5, 5.41) is 5.35. The Morgan fingerprint density at radius 3 is 2.11 bits per heavy atom. The fourth-order valence-corrected chi connectivity index (χ4v) is 5.96. The van der Waals surface area contributed by atoms with Gasteiger partial charge in [0.05, 0.1) is 5.69 Å². The Kier molecular flexibility index (Phi) is 5.18. The molecule has 37 heavy (non-hydrogen) atoms. The highest BCUT2D eigenvalue weighted by Gasteiger charge is 2.27. The molecule has 0 saturated carbocycles. The van der Waals surface area contributed by atoms with E-state index < -0.39 is 0 Å². The van der Waals surface area contributed by atoms with E-state index >= 15 is 0 Å². The Labute approximate surface area is 217 Å². The maximum atomic E-state index is 4.90. The van der Waals surface area contributed by atoms with E-state index in [0.717, 1.165) is 22.6 Å². The molecule has 0 fully saturated rings. The Balaban J connectivity index is 1.32. The number of benzene rings is 5. The molecule has 0 amide bonds. The van der Waals surface area contributed by atoms with Crippen LogP contribution < -0.4 is 0 Å². The van der Waals surface area contributed by atoms with Gasteiger partial charge in [-0.25, -0.2) is 9.97 Å². The van der Waals surface area contributed by atoms with Crippen molar-refractivity contribution in [3.05, 3.63) is 138 Å². The summed E-state index contributed by atoms with van der Waals surface area (Å²) in [7, 11) is 0. The van der Waals surface area contributed by atoms with Crippen LogP contribution in [0.15, 0.2) is 121 Å². The van der Waals surface area contributed by atoms with Crippen molar-refractivity contribution in [3.63, 3.8) is 0 Å². The number of fused-ring (bicyclic) bond motifs is 6. The van der Waals surface area contributed by atoms with Crippen LogP contribution in [0.5, 0.6) is 0 Å². The molecule has 0 spiro atoms. The van der Waals surface area contributed by atoms with E-state index in [9.17, 15) is 0 Å². The average molecular weight is 475 g/mol. The summed E-state index contributed by atoms with van der Waals surface area (Å²) < 4.78 is 0. The molecule has 1 aromatic heterocycles. The monoisotopic (exact) mass is 474 g/mol. The maximum Gasteiger partial charge on any atom is 0.159 e. The van der Waals surface area contributed by atoms with Gasteiger partial charge in [0, 0.05) is 23.2 Å². The molecule has 1 heterocycles. The van der Waals surface area contributed by atoms with Crippen LogP contribution in [0.25, 0.3) is 50.3 Å². The highest BCUT2D eigenvalue weighted by Crippen LogP contribution is 2.46. The molecule has 0 radical (unpaired) electrons. The molecule has 2 atom stereocenters. The predicted molar refractivity (Wildman–Crippen MR) is 155 cm³/mol. The first-order valence-electron chi connectivity index (χ1n) is 12.9. The molecular formula is C35H26N2. The van der Waals surface area contributed by atoms with Gasteiger partial charge in [0.2, 0.25) is 0 Å². The lowest BCUT2D eigenvalue weighted by Gasteiger charge is -2.30. The summed E-state index contributed by atoms with van der Waals surface area (Å²) in [6.45, 7) is 2.37. The van der Waals surface area contributed by atoms with Crippen molar-refractivity contribution in [1.82, 2.24) is 9.97 Å². The second-order valence-corrected chi connectivity index (χ2v) is 9.85. The largest absolute Gasteiger partial charge is 0.237 e. The highest BCUT2D eigenvalue weighted by atomic mass is 14.9. The number of hydrogen-bond donors (Lipinski definition) is 0. The lowest BCUT2D eigenvalue weighted by Crippen LogP contribution is -2.12. The first-order valence-corrected chi connectivity index (χ1v) is 12.9. The number of nitrogens with zero attached hydrogens (tertiary/aromatic N) is 2. The predicted octanol–water partition coefficient (Wildman–Crippen LogP) is 9.03. The Morgan fingerprint density at radius 2 is 1.30 bits per heavy atom. The van der Waals surface area contributed by atoms with Crippen LogP contribution >= 0.6 is 0 Å². The van der Waals surface area contributed by atoms with Crippen molar-refractivity contribution in [1.29, 1.82) is 0 Å². The number of allylic oxidation sites excluding steroid dienone is 1. The minimum Gasteiger partial charge on any atom is -0.237 e. The summed E-state index contributed by atoms with van der Waals surface area (Å²) in [5.74, 6) is 1.38. The van der Waals surface area contributed by atoms with E-state index in [1.54, 1.807) is 0 Å². The summed E-state index contributed by atoms with van der Waals surface area (Å²) >= 11 is 0. The van der Waals surface area contributed by atoms with Gasteiger partial charge in [-0.05, 0) is 56.3 Å². The molecule has 0 bridgehead atoms. The summed E-state index contributed by atoms with van der Waals surface area (Å²) in [4.78, 5) is 9.42. The maximum absolute atomic E-state index is 4.90. The van der Waals surface area contributed by atoms with E-state index in [1.165, 1.54) is 38.2 Å². The minimum absolute atomic E-state index is 0.285. The van der Waals surface area contributed by atoms with Gasteiger partial charge >= 0.3 is 0 Å². The van der Waals surface area contributed by atoms with Crippen molar-refractivity contribution >= 4 is 27.6 Å². The van der Waals surface area contributed by atoms with E-state index in [4.69, 9.17) is 4.98 Å². The van der Waals surface area contributed by atoms with Crippen LogP contribution in [0.3, 0.4) is 0 Å². The molecule has 7 rings (SSSR count). The second kappa shape index (κ2) is 8.83. The van der Waals surface area contributed by atoms with Crippen LogP contribution in [-0.4, -0.2) is 9.97 Å². The zero-order chi connectivity index (χ0) is 24.8. The van der Waals surface area contributed by atoms with Crippen molar-refractivity contribution in [2.75, 3.05) is 0 Å². The molecule has 2 nitrogen and oxygen atoms in total. The molecule has 1 aliphatic rings. The Bertz CT molecular complexity index is 1800. The third-order valence-electron chi connectivity index (χ3n) is 7.73. The number of hydrogen-bond acceptors (Lipinski definition) is 2. The SMILES string of the molecule is CC1c2c(c3ccccc3c3ccccc23)C=CC1c1cccc(-c2ccnc(-c3ccccc3)n2)c1. The molecule has 0 aliphatic heterocycles. The van der Waals surface area contributed by atoms with Crippen LogP contribution in [-0.2, 0) is 0 Å². The quantitative estimate of drug-likeness (QED) is 0.239. The van der Waals surface area contributed by atoms with Crippen molar-refractivity contribution in [3.8, 4) is 22.6 Å². The van der Waals surface area contributed by atoms with Crippen LogP contribution in [0, 0.1) is 0 Å². The molecule has 2 unspecified atom stereocenters. The third kappa shape index (κ3) is 3.65.